The fourth-order valence-electron chi connectivity index (χ4n) is 7.10. The van der Waals surface area contributed by atoms with Gasteiger partial charge in [0.1, 0.15) is 0 Å². The van der Waals surface area contributed by atoms with Gasteiger partial charge in [-0.2, -0.15) is 0 Å². The number of nitrogens with zero attached hydrogens (tertiary/aromatic N) is 2. The van der Waals surface area contributed by atoms with Crippen molar-refractivity contribution in [3.8, 4) is 0 Å². The zero-order valence-corrected chi connectivity index (χ0v) is 19.3. The van der Waals surface area contributed by atoms with E-state index in [1.54, 1.807) is 6.07 Å². The summed E-state index contributed by atoms with van der Waals surface area (Å²) in [6, 6.07) is 13.3. The summed E-state index contributed by atoms with van der Waals surface area (Å²) in [6.07, 6.45) is 6.76. The lowest BCUT2D eigenvalue weighted by Gasteiger charge is -2.62. The number of hydrogen-bond acceptors (Lipinski definition) is 5. The number of aryl methyl sites for hydroxylation is 1. The van der Waals surface area contributed by atoms with E-state index in [-0.39, 0.29) is 22.7 Å². The molecule has 2 unspecified atom stereocenters. The molecular formula is C25H26N4O3S. The van der Waals surface area contributed by atoms with Crippen molar-refractivity contribution in [2.45, 2.75) is 56.4 Å². The molecule has 3 aromatic rings. The van der Waals surface area contributed by atoms with Crippen molar-refractivity contribution in [3.63, 3.8) is 0 Å². The summed E-state index contributed by atoms with van der Waals surface area (Å²) < 4.78 is 0.688. The van der Waals surface area contributed by atoms with Crippen LogP contribution in [0.25, 0.3) is 10.2 Å². The van der Waals surface area contributed by atoms with Crippen molar-refractivity contribution < 1.29 is 9.72 Å². The molecule has 1 heterocycles. The Morgan fingerprint density at radius 1 is 1.12 bits per heavy atom. The number of anilines is 1. The highest BCUT2D eigenvalue weighted by molar-refractivity contribution is 7.22. The molecule has 8 heteroatoms. The van der Waals surface area contributed by atoms with Crippen LogP contribution in [-0.4, -0.2) is 21.5 Å². The first-order valence-corrected chi connectivity index (χ1v) is 12.3. The third-order valence-corrected chi connectivity index (χ3v) is 8.84. The van der Waals surface area contributed by atoms with Crippen LogP contribution < -0.4 is 10.6 Å². The first-order valence-electron chi connectivity index (χ1n) is 11.5. The second-order valence-corrected chi connectivity index (χ2v) is 11.4. The van der Waals surface area contributed by atoms with Crippen molar-refractivity contribution in [3.05, 3.63) is 63.7 Å². The molecule has 4 bridgehead atoms. The van der Waals surface area contributed by atoms with Crippen LogP contribution in [0.5, 0.6) is 0 Å². The number of carbonyl (C=O) groups excluding carboxylic acids is 1. The van der Waals surface area contributed by atoms with E-state index in [0.717, 1.165) is 19.3 Å². The first-order chi connectivity index (χ1) is 15.8. The Morgan fingerprint density at radius 2 is 1.85 bits per heavy atom. The summed E-state index contributed by atoms with van der Waals surface area (Å²) in [7, 11) is 0. The molecule has 0 radical (unpaired) electrons. The van der Waals surface area contributed by atoms with Gasteiger partial charge in [-0.3, -0.25) is 15.4 Å². The zero-order valence-electron chi connectivity index (χ0n) is 18.5. The predicted molar refractivity (Wildman–Crippen MR) is 129 cm³/mol. The Morgan fingerprint density at radius 3 is 2.55 bits per heavy atom. The Balaban J connectivity index is 1.22. The number of urea groups is 1. The van der Waals surface area contributed by atoms with Gasteiger partial charge in [0.05, 0.1) is 15.1 Å². The number of fused-ring (bicyclic) bond motifs is 1. The van der Waals surface area contributed by atoms with Gasteiger partial charge in [-0.05, 0) is 74.3 Å². The van der Waals surface area contributed by atoms with Crippen molar-refractivity contribution in [2.75, 3.05) is 5.32 Å². The fourth-order valence-corrected chi connectivity index (χ4v) is 8.00. The first kappa shape index (κ1) is 20.6. The minimum Gasteiger partial charge on any atom is -0.332 e. The normalized spacial score (nSPS) is 29.8. The highest BCUT2D eigenvalue weighted by Crippen LogP contribution is 2.62. The van der Waals surface area contributed by atoms with Gasteiger partial charge in [0, 0.05) is 17.7 Å². The molecule has 4 aliphatic rings. The molecule has 0 spiro atoms. The van der Waals surface area contributed by atoms with E-state index in [0.29, 0.717) is 27.2 Å². The fraction of sp³-hybridized carbons (Fsp3) is 0.440. The predicted octanol–water partition coefficient (Wildman–Crippen LogP) is 5.93. The highest BCUT2D eigenvalue weighted by atomic mass is 32.1. The molecule has 4 fully saturated rings. The van der Waals surface area contributed by atoms with E-state index in [1.165, 1.54) is 53.9 Å². The molecule has 0 saturated heterocycles. The number of amides is 2. The largest absolute Gasteiger partial charge is 0.332 e. The molecule has 7 nitrogen and oxygen atoms in total. The van der Waals surface area contributed by atoms with Crippen molar-refractivity contribution in [2.24, 2.45) is 11.8 Å². The molecule has 2 N–H and O–H groups in total. The number of benzene rings is 2. The topological polar surface area (TPSA) is 97.2 Å². The summed E-state index contributed by atoms with van der Waals surface area (Å²) in [5.41, 5.74) is 3.33. The van der Waals surface area contributed by atoms with Crippen LogP contribution in [0, 0.1) is 28.9 Å². The Kier molecular flexibility index (Phi) is 4.52. The molecule has 2 aromatic carbocycles. The number of thiazole rings is 1. The summed E-state index contributed by atoms with van der Waals surface area (Å²) in [5.74, 6) is 1.30. The number of carbonyl (C=O) groups is 1. The lowest BCUT2D eigenvalue weighted by atomic mass is 9.45. The van der Waals surface area contributed by atoms with E-state index >= 15 is 0 Å². The summed E-state index contributed by atoms with van der Waals surface area (Å²) in [4.78, 5) is 28.1. The van der Waals surface area contributed by atoms with Crippen molar-refractivity contribution in [1.29, 1.82) is 0 Å². The van der Waals surface area contributed by atoms with Crippen molar-refractivity contribution in [1.82, 2.24) is 10.3 Å². The van der Waals surface area contributed by atoms with Crippen LogP contribution in [0.15, 0.2) is 42.5 Å². The molecule has 4 aliphatic carbocycles. The molecule has 1 aromatic heterocycles. The minimum atomic E-state index is -0.421. The Bertz CT molecular complexity index is 1250. The van der Waals surface area contributed by atoms with Gasteiger partial charge in [0.25, 0.3) is 5.69 Å². The van der Waals surface area contributed by atoms with Crippen LogP contribution in [0.1, 0.15) is 49.7 Å². The van der Waals surface area contributed by atoms with Gasteiger partial charge in [0.15, 0.2) is 5.13 Å². The number of nitro groups is 1. The maximum Gasteiger partial charge on any atom is 0.321 e. The van der Waals surface area contributed by atoms with Gasteiger partial charge >= 0.3 is 6.03 Å². The second kappa shape index (κ2) is 7.25. The third-order valence-electron chi connectivity index (χ3n) is 7.91. The summed E-state index contributed by atoms with van der Waals surface area (Å²) in [6.45, 7) is 2.12. The van der Waals surface area contributed by atoms with Gasteiger partial charge < -0.3 is 5.32 Å². The molecule has 0 aliphatic heterocycles. The van der Waals surface area contributed by atoms with Gasteiger partial charge in [-0.15, -0.1) is 0 Å². The van der Waals surface area contributed by atoms with E-state index in [4.69, 9.17) is 0 Å². The van der Waals surface area contributed by atoms with Gasteiger partial charge in [-0.1, -0.05) is 41.2 Å². The molecule has 33 heavy (non-hydrogen) atoms. The lowest BCUT2D eigenvalue weighted by molar-refractivity contribution is -0.384. The van der Waals surface area contributed by atoms with Crippen LogP contribution in [0.3, 0.4) is 0 Å². The molecule has 170 valence electrons. The monoisotopic (exact) mass is 462 g/mol. The zero-order chi connectivity index (χ0) is 22.8. The molecule has 2 atom stereocenters. The Labute approximate surface area is 195 Å². The van der Waals surface area contributed by atoms with Crippen molar-refractivity contribution >= 4 is 38.4 Å². The van der Waals surface area contributed by atoms with E-state index in [1.807, 2.05) is 0 Å². The van der Waals surface area contributed by atoms with Crippen LogP contribution in [0.2, 0.25) is 0 Å². The smallest absolute Gasteiger partial charge is 0.321 e. The SMILES string of the molecule is Cc1ccc(C23CC4CC(CC(NC(=O)Nc5nc6ccc([N+](=O)[O-])cc6s5)(C4)C2)C3)cc1. The number of nitrogens with one attached hydrogen (secondary N) is 2. The standard InChI is InChI=1S/C25H26N4O3S/c1-15-2-4-18(5-3-15)24-10-16-8-17(11-24)13-25(12-16,14-24)28-22(30)27-23-26-20-7-6-19(29(31)32)9-21(20)33-23/h2-7,9,16-17H,8,10-14H2,1H3,(H2,26,27,28,30). The molecule has 7 rings (SSSR count). The van der Waals surface area contributed by atoms with Crippen LogP contribution >= 0.6 is 11.3 Å². The van der Waals surface area contributed by atoms with E-state index in [9.17, 15) is 14.9 Å². The quantitative estimate of drug-likeness (QED) is 0.371. The summed E-state index contributed by atoms with van der Waals surface area (Å²) in [5, 5.41) is 17.8. The number of aromatic nitrogens is 1. The van der Waals surface area contributed by atoms with Crippen LogP contribution in [0.4, 0.5) is 15.6 Å². The number of hydrogen-bond donors (Lipinski definition) is 2. The van der Waals surface area contributed by atoms with Gasteiger partial charge in [-0.25, -0.2) is 9.78 Å². The third kappa shape index (κ3) is 3.57. The minimum absolute atomic E-state index is 0.0251. The number of rotatable bonds is 4. The second-order valence-electron chi connectivity index (χ2n) is 10.4. The average molecular weight is 463 g/mol. The number of nitro benzene ring substituents is 1. The van der Waals surface area contributed by atoms with E-state index < -0.39 is 4.92 Å². The van der Waals surface area contributed by atoms with Gasteiger partial charge in [0.2, 0.25) is 0 Å². The molecule has 2 amide bonds. The Hall–Kier alpha value is -3.00. The lowest BCUT2D eigenvalue weighted by Crippen LogP contribution is -2.64. The number of non-ortho nitro benzene ring substituents is 1. The molecular weight excluding hydrogens is 436 g/mol. The average Bonchev–Trinajstić information content (AvgIpc) is 3.13. The van der Waals surface area contributed by atoms with Crippen LogP contribution in [-0.2, 0) is 5.41 Å². The summed E-state index contributed by atoms with van der Waals surface area (Å²) >= 11 is 1.26. The van der Waals surface area contributed by atoms with E-state index in [2.05, 4.69) is 46.8 Å². The highest BCUT2D eigenvalue weighted by Gasteiger charge is 2.58. The maximum atomic E-state index is 13.1. The maximum absolute atomic E-state index is 13.1. The molecule has 4 saturated carbocycles.